The first kappa shape index (κ1) is 17.9. The van der Waals surface area contributed by atoms with Crippen molar-refractivity contribution in [1.29, 1.82) is 0 Å². The summed E-state index contributed by atoms with van der Waals surface area (Å²) in [6.07, 6.45) is 3.25. The number of benzene rings is 1. The van der Waals surface area contributed by atoms with Crippen molar-refractivity contribution in [3.8, 4) is 5.75 Å². The fourth-order valence-electron chi connectivity index (χ4n) is 1.97. The number of hydrogen-bond acceptors (Lipinski definition) is 5. The summed E-state index contributed by atoms with van der Waals surface area (Å²) in [5.74, 6) is 0.179. The summed E-state index contributed by atoms with van der Waals surface area (Å²) in [7, 11) is -0.866. The standard InChI is InChI=1S/C16H19N3O4S/c1-19(12-16(20)18-11-13-7-9-17-10-8-13)24(21,22)15-5-3-14(23-2)4-6-15/h3-10H,11-12H2,1-2H3,(H,18,20). The summed E-state index contributed by atoms with van der Waals surface area (Å²) in [4.78, 5) is 15.9. The number of likely N-dealkylation sites (N-methyl/N-ethyl adjacent to an activating group) is 1. The van der Waals surface area contributed by atoms with Crippen molar-refractivity contribution >= 4 is 15.9 Å². The Morgan fingerprint density at radius 2 is 1.79 bits per heavy atom. The molecule has 2 rings (SSSR count). The number of pyridine rings is 1. The van der Waals surface area contributed by atoms with E-state index in [0.29, 0.717) is 12.3 Å². The van der Waals surface area contributed by atoms with Gasteiger partial charge in [-0.1, -0.05) is 0 Å². The Morgan fingerprint density at radius 1 is 1.17 bits per heavy atom. The first-order valence-corrected chi connectivity index (χ1v) is 8.63. The molecule has 0 aliphatic rings. The lowest BCUT2D eigenvalue weighted by molar-refractivity contribution is -0.121. The Bertz CT molecular complexity index is 777. The molecule has 0 fully saturated rings. The molecule has 2 aromatic rings. The highest BCUT2D eigenvalue weighted by Crippen LogP contribution is 2.18. The molecule has 0 atom stereocenters. The molecular weight excluding hydrogens is 330 g/mol. The van der Waals surface area contributed by atoms with E-state index in [4.69, 9.17) is 4.74 Å². The summed E-state index contributed by atoms with van der Waals surface area (Å²) in [6.45, 7) is 0.0528. The largest absolute Gasteiger partial charge is 0.497 e. The van der Waals surface area contributed by atoms with E-state index in [-0.39, 0.29) is 17.3 Å². The van der Waals surface area contributed by atoms with Crippen LogP contribution in [0.4, 0.5) is 0 Å². The Hall–Kier alpha value is -2.45. The zero-order valence-electron chi connectivity index (χ0n) is 13.5. The Labute approximate surface area is 141 Å². The first-order chi connectivity index (χ1) is 11.4. The van der Waals surface area contributed by atoms with Gasteiger partial charge in [0.25, 0.3) is 0 Å². The summed E-state index contributed by atoms with van der Waals surface area (Å²) in [6, 6.07) is 9.56. The summed E-state index contributed by atoms with van der Waals surface area (Å²) < 4.78 is 30.9. The molecular formula is C16H19N3O4S. The van der Waals surface area contributed by atoms with Gasteiger partial charge in [-0.05, 0) is 42.0 Å². The van der Waals surface area contributed by atoms with Gasteiger partial charge in [-0.3, -0.25) is 9.78 Å². The number of carbonyl (C=O) groups excluding carboxylic acids is 1. The van der Waals surface area contributed by atoms with E-state index < -0.39 is 10.0 Å². The molecule has 128 valence electrons. The van der Waals surface area contributed by atoms with Crippen molar-refractivity contribution < 1.29 is 17.9 Å². The Morgan fingerprint density at radius 3 is 2.38 bits per heavy atom. The van der Waals surface area contributed by atoms with Crippen LogP contribution in [0.1, 0.15) is 5.56 Å². The van der Waals surface area contributed by atoms with Crippen LogP contribution in [-0.4, -0.2) is 44.3 Å². The number of sulfonamides is 1. The average Bonchev–Trinajstić information content (AvgIpc) is 2.60. The molecule has 0 radical (unpaired) electrons. The predicted molar refractivity (Wildman–Crippen MR) is 88.9 cm³/mol. The molecule has 0 aliphatic heterocycles. The molecule has 0 bridgehead atoms. The molecule has 1 aromatic heterocycles. The number of carbonyl (C=O) groups is 1. The third kappa shape index (κ3) is 4.53. The summed E-state index contributed by atoms with van der Waals surface area (Å²) in [5, 5.41) is 2.68. The van der Waals surface area contributed by atoms with Gasteiger partial charge in [-0.15, -0.1) is 0 Å². The summed E-state index contributed by atoms with van der Waals surface area (Å²) in [5.41, 5.74) is 0.888. The van der Waals surface area contributed by atoms with Crippen LogP contribution in [-0.2, 0) is 21.4 Å². The number of nitrogens with zero attached hydrogens (tertiary/aromatic N) is 2. The monoisotopic (exact) mass is 349 g/mol. The van der Waals surface area contributed by atoms with Gasteiger partial charge in [0.1, 0.15) is 5.75 Å². The van der Waals surface area contributed by atoms with Gasteiger partial charge in [-0.2, -0.15) is 4.31 Å². The zero-order chi connectivity index (χ0) is 17.6. The van der Waals surface area contributed by atoms with Gasteiger partial charge in [0.05, 0.1) is 18.6 Å². The average molecular weight is 349 g/mol. The smallest absolute Gasteiger partial charge is 0.243 e. The fourth-order valence-corrected chi connectivity index (χ4v) is 3.10. The molecule has 24 heavy (non-hydrogen) atoms. The molecule has 0 spiro atoms. The number of ether oxygens (including phenoxy) is 1. The van der Waals surface area contributed by atoms with Crippen LogP contribution in [0.5, 0.6) is 5.75 Å². The molecule has 1 heterocycles. The van der Waals surface area contributed by atoms with Crippen molar-refractivity contribution in [3.63, 3.8) is 0 Å². The number of aromatic nitrogens is 1. The lowest BCUT2D eigenvalue weighted by Crippen LogP contribution is -2.38. The van der Waals surface area contributed by atoms with Crippen molar-refractivity contribution in [2.24, 2.45) is 0 Å². The highest BCUT2D eigenvalue weighted by Gasteiger charge is 2.22. The Balaban J connectivity index is 1.96. The number of amides is 1. The minimum absolute atomic E-state index is 0.104. The van der Waals surface area contributed by atoms with Gasteiger partial charge in [0.2, 0.25) is 15.9 Å². The molecule has 0 aliphatic carbocycles. The molecule has 0 saturated carbocycles. The predicted octanol–water partition coefficient (Wildman–Crippen LogP) is 1.03. The van der Waals surface area contributed by atoms with Crippen LogP contribution in [0.3, 0.4) is 0 Å². The van der Waals surface area contributed by atoms with E-state index in [2.05, 4.69) is 10.3 Å². The van der Waals surface area contributed by atoms with Gasteiger partial charge < -0.3 is 10.1 Å². The van der Waals surface area contributed by atoms with Gasteiger partial charge in [-0.25, -0.2) is 8.42 Å². The number of hydrogen-bond donors (Lipinski definition) is 1. The third-order valence-electron chi connectivity index (χ3n) is 3.37. The van der Waals surface area contributed by atoms with E-state index in [0.717, 1.165) is 9.87 Å². The van der Waals surface area contributed by atoms with Crippen LogP contribution in [0, 0.1) is 0 Å². The lowest BCUT2D eigenvalue weighted by atomic mass is 10.3. The first-order valence-electron chi connectivity index (χ1n) is 7.19. The molecule has 1 amide bonds. The fraction of sp³-hybridized carbons (Fsp3) is 0.250. The highest BCUT2D eigenvalue weighted by molar-refractivity contribution is 7.89. The second kappa shape index (κ2) is 7.89. The molecule has 1 N–H and O–H groups in total. The van der Waals surface area contributed by atoms with E-state index in [1.807, 2.05) is 0 Å². The minimum atomic E-state index is -3.74. The van der Waals surface area contributed by atoms with Crippen LogP contribution in [0.2, 0.25) is 0 Å². The Kier molecular flexibility index (Phi) is 5.88. The molecule has 7 nitrogen and oxygen atoms in total. The van der Waals surface area contributed by atoms with Crippen LogP contribution >= 0.6 is 0 Å². The minimum Gasteiger partial charge on any atom is -0.497 e. The van der Waals surface area contributed by atoms with Crippen LogP contribution in [0.25, 0.3) is 0 Å². The summed E-state index contributed by atoms with van der Waals surface area (Å²) >= 11 is 0. The van der Waals surface area contributed by atoms with E-state index in [1.54, 1.807) is 36.7 Å². The number of methoxy groups -OCH3 is 1. The highest BCUT2D eigenvalue weighted by atomic mass is 32.2. The normalized spacial score (nSPS) is 11.3. The van der Waals surface area contributed by atoms with Crippen molar-refractivity contribution in [3.05, 3.63) is 54.4 Å². The van der Waals surface area contributed by atoms with Crippen LogP contribution < -0.4 is 10.1 Å². The molecule has 1 aromatic carbocycles. The van der Waals surface area contributed by atoms with Crippen molar-refractivity contribution in [2.75, 3.05) is 20.7 Å². The van der Waals surface area contributed by atoms with E-state index in [9.17, 15) is 13.2 Å². The number of rotatable bonds is 7. The van der Waals surface area contributed by atoms with Gasteiger partial charge in [0, 0.05) is 26.0 Å². The van der Waals surface area contributed by atoms with Crippen molar-refractivity contribution in [1.82, 2.24) is 14.6 Å². The molecule has 8 heteroatoms. The van der Waals surface area contributed by atoms with E-state index in [1.165, 1.54) is 26.3 Å². The second-order valence-electron chi connectivity index (χ2n) is 5.07. The van der Waals surface area contributed by atoms with Crippen molar-refractivity contribution in [2.45, 2.75) is 11.4 Å². The topological polar surface area (TPSA) is 88.6 Å². The lowest BCUT2D eigenvalue weighted by Gasteiger charge is -2.17. The maximum atomic E-state index is 12.4. The second-order valence-corrected chi connectivity index (χ2v) is 7.11. The van der Waals surface area contributed by atoms with Gasteiger partial charge >= 0.3 is 0 Å². The maximum absolute atomic E-state index is 12.4. The van der Waals surface area contributed by atoms with Gasteiger partial charge in [0.15, 0.2) is 0 Å². The SMILES string of the molecule is COc1ccc(S(=O)(=O)N(C)CC(=O)NCc2ccncc2)cc1. The third-order valence-corrected chi connectivity index (χ3v) is 5.19. The zero-order valence-corrected chi connectivity index (χ0v) is 14.3. The molecule has 0 saturated heterocycles. The maximum Gasteiger partial charge on any atom is 0.243 e. The van der Waals surface area contributed by atoms with Crippen LogP contribution in [0.15, 0.2) is 53.7 Å². The molecule has 0 unspecified atom stereocenters. The quantitative estimate of drug-likeness (QED) is 0.806. The number of nitrogens with one attached hydrogen (secondary N) is 1. The van der Waals surface area contributed by atoms with E-state index >= 15 is 0 Å².